The minimum absolute atomic E-state index is 0.105. The van der Waals surface area contributed by atoms with Crippen LogP contribution in [0.25, 0.3) is 0 Å². The summed E-state index contributed by atoms with van der Waals surface area (Å²) in [5.41, 5.74) is 0.106. The Hall–Kier alpha value is -3.57. The van der Waals surface area contributed by atoms with Crippen LogP contribution >= 0.6 is 11.6 Å². The molecule has 3 aromatic rings. The van der Waals surface area contributed by atoms with Crippen molar-refractivity contribution in [1.82, 2.24) is 0 Å². The van der Waals surface area contributed by atoms with Crippen molar-refractivity contribution in [3.63, 3.8) is 0 Å². The Morgan fingerprint density at radius 2 is 1.58 bits per heavy atom. The highest BCUT2D eigenvalue weighted by molar-refractivity contribution is 6.30. The van der Waals surface area contributed by atoms with E-state index in [0.29, 0.717) is 33.3 Å². The van der Waals surface area contributed by atoms with E-state index in [9.17, 15) is 9.59 Å². The standard InChI is InChI=1S/C25H20ClNO4/c1-17-16-25(18-6-4-3-5-7-18,24(29)31-22-12-8-19(26)9-13-22)27(23(17)28)20-10-14-21(30-2)15-11-20/h3-15H,1,16H2,2H3/t25-/m0/s1. The summed E-state index contributed by atoms with van der Waals surface area (Å²) >= 11 is 5.95. The molecule has 1 aliphatic rings. The molecule has 0 N–H and O–H groups in total. The van der Waals surface area contributed by atoms with Gasteiger partial charge >= 0.3 is 5.97 Å². The monoisotopic (exact) mass is 433 g/mol. The van der Waals surface area contributed by atoms with Gasteiger partial charge in [0.2, 0.25) is 0 Å². The van der Waals surface area contributed by atoms with E-state index in [4.69, 9.17) is 21.1 Å². The van der Waals surface area contributed by atoms with Gasteiger partial charge in [0.25, 0.3) is 5.91 Å². The first-order valence-corrected chi connectivity index (χ1v) is 10.0. The van der Waals surface area contributed by atoms with Gasteiger partial charge in [-0.3, -0.25) is 9.69 Å². The molecule has 0 bridgehead atoms. The average molecular weight is 434 g/mol. The van der Waals surface area contributed by atoms with Crippen molar-refractivity contribution in [1.29, 1.82) is 0 Å². The number of esters is 1. The van der Waals surface area contributed by atoms with E-state index in [1.54, 1.807) is 55.6 Å². The maximum absolute atomic E-state index is 13.7. The predicted octanol–water partition coefficient (Wildman–Crippen LogP) is 5.14. The molecule has 0 aromatic heterocycles. The number of methoxy groups -OCH3 is 1. The first kappa shape index (κ1) is 20.7. The summed E-state index contributed by atoms with van der Waals surface area (Å²) in [7, 11) is 1.57. The zero-order chi connectivity index (χ0) is 22.0. The summed E-state index contributed by atoms with van der Waals surface area (Å²) in [4.78, 5) is 28.4. The maximum Gasteiger partial charge on any atom is 0.342 e. The fourth-order valence-electron chi connectivity index (χ4n) is 3.78. The quantitative estimate of drug-likeness (QED) is 0.317. The van der Waals surface area contributed by atoms with Crippen molar-refractivity contribution in [2.24, 2.45) is 0 Å². The predicted molar refractivity (Wildman–Crippen MR) is 119 cm³/mol. The SMILES string of the molecule is C=C1C[C@@](C(=O)Oc2ccc(Cl)cc2)(c2ccccc2)N(c2ccc(OC)cc2)C1=O. The van der Waals surface area contributed by atoms with Crippen molar-refractivity contribution in [2.75, 3.05) is 12.0 Å². The minimum Gasteiger partial charge on any atom is -0.497 e. The number of halogens is 1. The number of carbonyl (C=O) groups is 2. The summed E-state index contributed by atoms with van der Waals surface area (Å²) in [6.45, 7) is 3.93. The van der Waals surface area contributed by atoms with Gasteiger partial charge in [-0.25, -0.2) is 4.79 Å². The van der Waals surface area contributed by atoms with Crippen molar-refractivity contribution >= 4 is 29.2 Å². The van der Waals surface area contributed by atoms with Crippen molar-refractivity contribution in [3.8, 4) is 11.5 Å². The van der Waals surface area contributed by atoms with E-state index in [1.165, 1.54) is 4.90 Å². The number of hydrogen-bond donors (Lipinski definition) is 0. The van der Waals surface area contributed by atoms with E-state index in [1.807, 2.05) is 30.3 Å². The van der Waals surface area contributed by atoms with Crippen LogP contribution in [0, 0.1) is 0 Å². The van der Waals surface area contributed by atoms with Crippen LogP contribution < -0.4 is 14.4 Å². The Balaban J connectivity index is 1.85. The fraction of sp³-hybridized carbons (Fsp3) is 0.120. The second-order valence-electron chi connectivity index (χ2n) is 7.19. The third-order valence-corrected chi connectivity index (χ3v) is 5.55. The van der Waals surface area contributed by atoms with Gasteiger partial charge in [0, 0.05) is 22.7 Å². The molecule has 0 aliphatic carbocycles. The van der Waals surface area contributed by atoms with E-state index in [2.05, 4.69) is 6.58 Å². The Labute approximate surface area is 185 Å². The van der Waals surface area contributed by atoms with Crippen LogP contribution in [0.1, 0.15) is 12.0 Å². The third kappa shape index (κ3) is 3.68. The normalized spacial score (nSPS) is 18.2. The molecule has 1 amide bonds. The molecule has 1 saturated heterocycles. The fourth-order valence-corrected chi connectivity index (χ4v) is 3.91. The van der Waals surface area contributed by atoms with E-state index < -0.39 is 11.5 Å². The van der Waals surface area contributed by atoms with Crippen molar-refractivity contribution in [2.45, 2.75) is 12.0 Å². The maximum atomic E-state index is 13.7. The highest BCUT2D eigenvalue weighted by atomic mass is 35.5. The molecule has 6 heteroatoms. The third-order valence-electron chi connectivity index (χ3n) is 5.30. The van der Waals surface area contributed by atoms with Gasteiger partial charge in [-0.05, 0) is 54.1 Å². The summed E-state index contributed by atoms with van der Waals surface area (Å²) in [5.74, 6) is 0.0681. The second-order valence-corrected chi connectivity index (χ2v) is 7.63. The van der Waals surface area contributed by atoms with Crippen LogP contribution in [0.15, 0.2) is 91.0 Å². The summed E-state index contributed by atoms with van der Waals surface area (Å²) in [6, 6.07) is 22.6. The highest BCUT2D eigenvalue weighted by Gasteiger charge is 2.56. The molecule has 1 fully saturated rings. The lowest BCUT2D eigenvalue weighted by molar-refractivity contribution is -0.141. The molecule has 156 valence electrons. The number of hydrogen-bond acceptors (Lipinski definition) is 4. The van der Waals surface area contributed by atoms with Gasteiger partial charge in [-0.15, -0.1) is 0 Å². The molecule has 0 unspecified atom stereocenters. The summed E-state index contributed by atoms with van der Waals surface area (Å²) in [5, 5.41) is 0.529. The number of rotatable bonds is 5. The smallest absolute Gasteiger partial charge is 0.342 e. The Bertz CT molecular complexity index is 1130. The van der Waals surface area contributed by atoms with Gasteiger partial charge < -0.3 is 9.47 Å². The largest absolute Gasteiger partial charge is 0.497 e. The highest BCUT2D eigenvalue weighted by Crippen LogP contribution is 2.46. The molecule has 0 spiro atoms. The molecule has 1 atom stereocenters. The van der Waals surface area contributed by atoms with Gasteiger partial charge in [0.1, 0.15) is 11.5 Å². The van der Waals surface area contributed by atoms with Crippen molar-refractivity contribution < 1.29 is 19.1 Å². The van der Waals surface area contributed by atoms with Crippen LogP contribution in [0.2, 0.25) is 5.02 Å². The molecule has 3 aromatic carbocycles. The zero-order valence-electron chi connectivity index (χ0n) is 16.9. The molecule has 1 aliphatic heterocycles. The lowest BCUT2D eigenvalue weighted by Crippen LogP contribution is -2.51. The van der Waals surface area contributed by atoms with Crippen molar-refractivity contribution in [3.05, 3.63) is 102 Å². The van der Waals surface area contributed by atoms with Crippen LogP contribution in [0.3, 0.4) is 0 Å². The molecular formula is C25H20ClNO4. The van der Waals surface area contributed by atoms with Gasteiger partial charge in [-0.1, -0.05) is 48.5 Å². The number of nitrogens with zero attached hydrogens (tertiary/aromatic N) is 1. The molecular weight excluding hydrogens is 414 g/mol. The summed E-state index contributed by atoms with van der Waals surface area (Å²) in [6.07, 6.45) is 0.105. The molecule has 31 heavy (non-hydrogen) atoms. The Kier molecular flexibility index (Phi) is 5.53. The van der Waals surface area contributed by atoms with Gasteiger partial charge in [-0.2, -0.15) is 0 Å². The number of anilines is 1. The van der Waals surface area contributed by atoms with Gasteiger partial charge in [0.15, 0.2) is 5.54 Å². The molecule has 0 saturated carbocycles. The average Bonchev–Trinajstić information content (AvgIpc) is 3.07. The zero-order valence-corrected chi connectivity index (χ0v) is 17.6. The van der Waals surface area contributed by atoms with Crippen LogP contribution in [-0.2, 0) is 15.1 Å². The molecule has 4 rings (SSSR count). The van der Waals surface area contributed by atoms with Crippen LogP contribution in [0.4, 0.5) is 5.69 Å². The first-order valence-electron chi connectivity index (χ1n) is 9.65. The Morgan fingerprint density at radius 3 is 2.19 bits per heavy atom. The molecule has 5 nitrogen and oxygen atoms in total. The lowest BCUT2D eigenvalue weighted by Gasteiger charge is -2.36. The number of carbonyl (C=O) groups excluding carboxylic acids is 2. The lowest BCUT2D eigenvalue weighted by atomic mass is 9.86. The first-order chi connectivity index (χ1) is 15.0. The summed E-state index contributed by atoms with van der Waals surface area (Å²) < 4.78 is 11.0. The second kappa shape index (κ2) is 8.28. The number of amides is 1. The van der Waals surface area contributed by atoms with Crippen LogP contribution in [0.5, 0.6) is 11.5 Å². The number of ether oxygens (including phenoxy) is 2. The molecule has 0 radical (unpaired) electrons. The van der Waals surface area contributed by atoms with Crippen LogP contribution in [-0.4, -0.2) is 19.0 Å². The van der Waals surface area contributed by atoms with Gasteiger partial charge in [0.05, 0.1) is 7.11 Å². The van der Waals surface area contributed by atoms with E-state index in [0.717, 1.165) is 0 Å². The Morgan fingerprint density at radius 1 is 0.968 bits per heavy atom. The minimum atomic E-state index is -1.40. The van der Waals surface area contributed by atoms with E-state index >= 15 is 0 Å². The molecule has 1 heterocycles. The topological polar surface area (TPSA) is 55.8 Å². The van der Waals surface area contributed by atoms with E-state index in [-0.39, 0.29) is 12.3 Å². The number of benzene rings is 3.